The molecule has 2 aromatic rings. The van der Waals surface area contributed by atoms with Gasteiger partial charge in [-0.15, -0.1) is 5.43 Å². The van der Waals surface area contributed by atoms with E-state index in [9.17, 15) is 0 Å². The molecule has 0 aliphatic carbocycles. The molecule has 2 aromatic carbocycles. The second-order valence-corrected chi connectivity index (χ2v) is 3.77. The quantitative estimate of drug-likeness (QED) is 0.832. The first kappa shape index (κ1) is 9.78. The van der Waals surface area contributed by atoms with Gasteiger partial charge in [0.05, 0.1) is 5.11 Å². The zero-order valence-corrected chi connectivity index (χ0v) is 9.17. The van der Waals surface area contributed by atoms with Crippen LogP contribution in [0.25, 0.3) is 11.4 Å². The molecule has 0 unspecified atom stereocenters. The highest BCUT2D eigenvalue weighted by Gasteiger charge is 2.25. The van der Waals surface area contributed by atoms with Gasteiger partial charge < -0.3 is 0 Å². The summed E-state index contributed by atoms with van der Waals surface area (Å²) in [6.07, 6.45) is 0. The summed E-state index contributed by atoms with van der Waals surface area (Å²) in [5.74, 6) is 0. The van der Waals surface area contributed by atoms with Gasteiger partial charge >= 0.3 is 0 Å². The van der Waals surface area contributed by atoms with Crippen molar-refractivity contribution in [3.63, 3.8) is 0 Å². The Morgan fingerprint density at radius 3 is 2.00 bits per heavy atom. The lowest BCUT2D eigenvalue weighted by molar-refractivity contribution is 0.898. The average molecular weight is 221 g/mol. The van der Waals surface area contributed by atoms with Gasteiger partial charge in [-0.2, -0.15) is 0 Å². The van der Waals surface area contributed by atoms with E-state index in [1.807, 2.05) is 60.7 Å². The van der Waals surface area contributed by atoms with E-state index in [0.29, 0.717) is 0 Å². The van der Waals surface area contributed by atoms with E-state index < -0.39 is 0 Å². The normalized spacial score (nSPS) is 13.9. The Morgan fingerprint density at radius 1 is 0.765 bits per heavy atom. The van der Waals surface area contributed by atoms with Crippen LogP contribution in [0.4, 0.5) is 0 Å². The number of hydrogen-bond donors (Lipinski definition) is 1. The second kappa shape index (κ2) is 4.22. The van der Waals surface area contributed by atoms with Crippen LogP contribution < -0.4 is 10.5 Å². The van der Waals surface area contributed by atoms with Crippen molar-refractivity contribution in [2.24, 2.45) is 5.22 Å². The van der Waals surface area contributed by atoms with E-state index in [0.717, 1.165) is 22.5 Å². The van der Waals surface area contributed by atoms with Gasteiger partial charge in [0, 0.05) is 11.1 Å². The van der Waals surface area contributed by atoms with Gasteiger partial charge in [0.1, 0.15) is 5.22 Å². The van der Waals surface area contributed by atoms with Crippen LogP contribution in [0.15, 0.2) is 65.9 Å². The Labute approximate surface area is 99.5 Å². The third kappa shape index (κ3) is 1.83. The van der Waals surface area contributed by atoms with E-state index in [4.69, 9.17) is 0 Å². The third-order valence-corrected chi connectivity index (χ3v) is 2.66. The maximum Gasteiger partial charge on any atom is 0.259 e. The zero-order chi connectivity index (χ0) is 11.5. The second-order valence-electron chi connectivity index (χ2n) is 3.77. The van der Waals surface area contributed by atoms with Crippen LogP contribution in [-0.2, 0) is 0 Å². The first-order chi connectivity index (χ1) is 8.45. The largest absolute Gasteiger partial charge is 0.259 e. The molecular formula is C14H11N3+. The Morgan fingerprint density at radius 2 is 1.35 bits per heavy atom. The highest BCUT2D eigenvalue weighted by Crippen LogP contribution is 2.24. The summed E-state index contributed by atoms with van der Waals surface area (Å²) in [6, 6.07) is 20.1. The van der Waals surface area contributed by atoms with Crippen molar-refractivity contribution < 1.29 is 0 Å². The molecule has 1 radical (unpaired) electrons. The zero-order valence-electron chi connectivity index (χ0n) is 9.17. The number of nitrogens with one attached hydrogen (secondary N) is 1. The molecule has 1 heterocycles. The first-order valence-corrected chi connectivity index (χ1v) is 5.47. The molecular weight excluding hydrogens is 210 g/mol. The molecule has 3 rings (SSSR count). The highest BCUT2D eigenvalue weighted by atomic mass is 15.5. The predicted octanol–water partition coefficient (Wildman–Crippen LogP) is 2.82. The van der Waals surface area contributed by atoms with Crippen LogP contribution in [0.3, 0.4) is 0 Å². The predicted molar refractivity (Wildman–Crippen MR) is 67.4 cm³/mol. The number of rotatable bonds is 2. The molecule has 0 saturated carbocycles. The van der Waals surface area contributed by atoms with Crippen LogP contribution in [0.5, 0.6) is 0 Å². The lowest BCUT2D eigenvalue weighted by atomic mass is 10.1. The summed E-state index contributed by atoms with van der Waals surface area (Å²) in [5.41, 5.74) is 6.96. The van der Waals surface area contributed by atoms with Gasteiger partial charge in [0.2, 0.25) is 5.70 Å². The summed E-state index contributed by atoms with van der Waals surface area (Å²) >= 11 is 0. The molecule has 1 N–H and O–H groups in total. The molecule has 0 atom stereocenters. The number of hydrogen-bond acceptors (Lipinski definition) is 3. The Hall–Kier alpha value is -2.42. The SMILES string of the molecule is c1ccc(C2=C(c3ccccc3)NN=[N+]2)cc1. The summed E-state index contributed by atoms with van der Waals surface area (Å²) in [7, 11) is 0. The summed E-state index contributed by atoms with van der Waals surface area (Å²) in [5, 5.41) is 8.06. The molecule has 0 fully saturated rings. The van der Waals surface area contributed by atoms with E-state index in [1.54, 1.807) is 0 Å². The van der Waals surface area contributed by atoms with Gasteiger partial charge in [-0.3, -0.25) is 0 Å². The molecule has 81 valence electrons. The fraction of sp³-hybridized carbons (Fsp3) is 0. The average Bonchev–Trinajstić information content (AvgIpc) is 2.90. The van der Waals surface area contributed by atoms with E-state index in [2.05, 4.69) is 15.8 Å². The molecule has 0 amide bonds. The van der Waals surface area contributed by atoms with Crippen LogP contribution in [0, 0.1) is 0 Å². The maximum absolute atomic E-state index is 4.16. The van der Waals surface area contributed by atoms with Gasteiger partial charge in [0.25, 0.3) is 5.70 Å². The molecule has 17 heavy (non-hydrogen) atoms. The lowest BCUT2D eigenvalue weighted by Gasteiger charge is -1.98. The van der Waals surface area contributed by atoms with Crippen molar-refractivity contribution in [2.75, 3.05) is 0 Å². The molecule has 3 heteroatoms. The standard InChI is InChI=1S/C14H11N3/c1-3-7-11(8-4-1)13-14(16-17-15-13)12-9-5-2-6-10-12/h1-10H,(H,15,17)/q+1. The van der Waals surface area contributed by atoms with E-state index in [1.165, 1.54) is 0 Å². The molecule has 1 aliphatic rings. The minimum absolute atomic E-state index is 0.886. The van der Waals surface area contributed by atoms with Crippen molar-refractivity contribution in [3.8, 4) is 0 Å². The molecule has 1 aliphatic heterocycles. The topological polar surface area (TPSA) is 38.5 Å². The molecule has 0 saturated heterocycles. The summed E-state index contributed by atoms with van der Waals surface area (Å²) in [4.78, 5) is 0. The van der Waals surface area contributed by atoms with Gasteiger partial charge in [0.15, 0.2) is 0 Å². The number of nitrogens with zero attached hydrogens (tertiary/aromatic N) is 2. The Kier molecular flexibility index (Phi) is 2.43. The monoisotopic (exact) mass is 221 g/mol. The van der Waals surface area contributed by atoms with Crippen LogP contribution in [0.2, 0.25) is 0 Å². The smallest absolute Gasteiger partial charge is 0.138 e. The van der Waals surface area contributed by atoms with Crippen molar-refractivity contribution in [1.82, 2.24) is 10.5 Å². The molecule has 0 spiro atoms. The van der Waals surface area contributed by atoms with Crippen LogP contribution in [-0.4, -0.2) is 0 Å². The van der Waals surface area contributed by atoms with Crippen molar-refractivity contribution >= 4 is 11.4 Å². The minimum atomic E-state index is 0.886. The summed E-state index contributed by atoms with van der Waals surface area (Å²) < 4.78 is 0. The third-order valence-electron chi connectivity index (χ3n) is 2.66. The first-order valence-electron chi connectivity index (χ1n) is 5.47. The highest BCUT2D eigenvalue weighted by molar-refractivity contribution is 5.89. The fourth-order valence-corrected chi connectivity index (χ4v) is 1.83. The molecule has 3 nitrogen and oxygen atoms in total. The van der Waals surface area contributed by atoms with Crippen molar-refractivity contribution in [2.45, 2.75) is 0 Å². The molecule has 0 aromatic heterocycles. The van der Waals surface area contributed by atoms with Crippen LogP contribution >= 0.6 is 0 Å². The Bertz CT molecular complexity index is 571. The minimum Gasteiger partial charge on any atom is -0.138 e. The van der Waals surface area contributed by atoms with Gasteiger partial charge in [-0.05, 0) is 0 Å². The van der Waals surface area contributed by atoms with Crippen molar-refractivity contribution in [3.05, 3.63) is 71.8 Å². The van der Waals surface area contributed by atoms with E-state index >= 15 is 0 Å². The maximum atomic E-state index is 4.16. The van der Waals surface area contributed by atoms with Gasteiger partial charge in [-0.1, -0.05) is 60.7 Å². The number of benzene rings is 2. The van der Waals surface area contributed by atoms with E-state index in [-0.39, 0.29) is 0 Å². The fourth-order valence-electron chi connectivity index (χ4n) is 1.83. The van der Waals surface area contributed by atoms with Crippen LogP contribution in [0.1, 0.15) is 11.1 Å². The van der Waals surface area contributed by atoms with Crippen molar-refractivity contribution in [1.29, 1.82) is 0 Å². The molecule has 0 bridgehead atoms. The lowest BCUT2D eigenvalue weighted by Crippen LogP contribution is -2.00. The Balaban J connectivity index is 2.10. The van der Waals surface area contributed by atoms with Gasteiger partial charge in [-0.25, -0.2) is 0 Å². The summed E-state index contributed by atoms with van der Waals surface area (Å²) in [6.45, 7) is 0.